The molecule has 29 heavy (non-hydrogen) atoms. The molecule has 0 aliphatic carbocycles. The van der Waals surface area contributed by atoms with Gasteiger partial charge < -0.3 is 25.8 Å². The van der Waals surface area contributed by atoms with Crippen LogP contribution in [0.25, 0.3) is 0 Å². The largest absolute Gasteiger partial charge is 0.369 e. The van der Waals surface area contributed by atoms with Crippen LogP contribution < -0.4 is 25.8 Å². The summed E-state index contributed by atoms with van der Waals surface area (Å²) in [5.74, 6) is 1.39. The van der Waals surface area contributed by atoms with Crippen molar-refractivity contribution >= 4 is 17.6 Å². The van der Waals surface area contributed by atoms with Crippen molar-refractivity contribution in [3.63, 3.8) is 0 Å². The highest BCUT2D eigenvalue weighted by molar-refractivity contribution is 5.48. The zero-order chi connectivity index (χ0) is 20.1. The van der Waals surface area contributed by atoms with E-state index in [1.54, 1.807) is 6.33 Å². The van der Waals surface area contributed by atoms with Crippen molar-refractivity contribution in [2.45, 2.75) is 25.8 Å². The van der Waals surface area contributed by atoms with Gasteiger partial charge in [0.2, 0.25) is 11.9 Å². The predicted molar refractivity (Wildman–Crippen MR) is 118 cm³/mol. The Hall–Kier alpha value is -2.45. The summed E-state index contributed by atoms with van der Waals surface area (Å²) < 4.78 is 0. The van der Waals surface area contributed by atoms with Gasteiger partial charge in [-0.3, -0.25) is 0 Å². The second-order valence-corrected chi connectivity index (χ2v) is 8.42. The van der Waals surface area contributed by atoms with Crippen LogP contribution in [0, 0.1) is 0 Å². The third kappa shape index (κ3) is 5.33. The molecule has 3 N–H and O–H groups in total. The van der Waals surface area contributed by atoms with Crippen molar-refractivity contribution in [2.24, 2.45) is 0 Å². The van der Waals surface area contributed by atoms with E-state index in [9.17, 15) is 0 Å². The van der Waals surface area contributed by atoms with Crippen LogP contribution in [0.2, 0.25) is 0 Å². The summed E-state index contributed by atoms with van der Waals surface area (Å²) in [6, 6.07) is 8.91. The van der Waals surface area contributed by atoms with Crippen LogP contribution in [-0.2, 0) is 6.42 Å². The van der Waals surface area contributed by atoms with E-state index in [2.05, 4.69) is 78.8 Å². The fourth-order valence-corrected chi connectivity index (χ4v) is 3.95. The maximum atomic E-state index is 4.62. The van der Waals surface area contributed by atoms with Crippen molar-refractivity contribution in [2.75, 3.05) is 67.5 Å². The first-order valence-electron chi connectivity index (χ1n) is 10.6. The highest BCUT2D eigenvalue weighted by Crippen LogP contribution is 2.17. The lowest BCUT2D eigenvalue weighted by molar-refractivity contribution is 0.350. The Morgan fingerprint density at radius 1 is 1.00 bits per heavy atom. The Labute approximate surface area is 173 Å². The molecule has 1 aromatic heterocycles. The van der Waals surface area contributed by atoms with Gasteiger partial charge in [0.25, 0.3) is 0 Å². The molecule has 4 rings (SSSR count). The average Bonchev–Trinajstić information content (AvgIpc) is 2.74. The van der Waals surface area contributed by atoms with Crippen molar-refractivity contribution in [1.82, 2.24) is 25.6 Å². The van der Waals surface area contributed by atoms with Crippen molar-refractivity contribution in [1.29, 1.82) is 0 Å². The first-order valence-corrected chi connectivity index (χ1v) is 10.6. The van der Waals surface area contributed by atoms with Crippen molar-refractivity contribution < 1.29 is 0 Å². The highest BCUT2D eigenvalue weighted by Gasteiger charge is 2.27. The Morgan fingerprint density at radius 2 is 1.76 bits per heavy atom. The smallest absolute Gasteiger partial charge is 0.230 e. The van der Waals surface area contributed by atoms with Gasteiger partial charge in [0.15, 0.2) is 0 Å². The topological polar surface area (TPSA) is 81.2 Å². The van der Waals surface area contributed by atoms with Crippen LogP contribution in [0.4, 0.5) is 17.6 Å². The summed E-state index contributed by atoms with van der Waals surface area (Å²) in [5.41, 5.74) is 2.69. The lowest BCUT2D eigenvalue weighted by Gasteiger charge is -2.39. The third-order valence-corrected chi connectivity index (χ3v) is 5.53. The zero-order valence-electron chi connectivity index (χ0n) is 17.5. The van der Waals surface area contributed by atoms with E-state index in [1.807, 2.05) is 0 Å². The molecule has 0 unspecified atom stereocenters. The quantitative estimate of drug-likeness (QED) is 0.670. The van der Waals surface area contributed by atoms with E-state index in [-0.39, 0.29) is 5.54 Å². The molecule has 0 spiro atoms. The zero-order valence-corrected chi connectivity index (χ0v) is 17.5. The number of piperazine rings is 2. The van der Waals surface area contributed by atoms with Gasteiger partial charge in [0.05, 0.1) is 0 Å². The molecule has 156 valence electrons. The first kappa shape index (κ1) is 19.8. The molecule has 1 aromatic carbocycles. The molecular formula is C21H32N8. The van der Waals surface area contributed by atoms with Gasteiger partial charge in [-0.05, 0) is 38.0 Å². The minimum Gasteiger partial charge on any atom is -0.369 e. The number of nitrogens with zero attached hydrogens (tertiary/aromatic N) is 5. The lowest BCUT2D eigenvalue weighted by atomic mass is 10.0. The SMILES string of the molecule is CC1(C)CN(c2ncnc(NCCc3ccc(N4CCNCC4)cc3)n2)CCN1. The highest BCUT2D eigenvalue weighted by atomic mass is 15.3. The third-order valence-electron chi connectivity index (χ3n) is 5.53. The van der Waals surface area contributed by atoms with E-state index in [0.717, 1.165) is 64.7 Å². The first-order chi connectivity index (χ1) is 14.1. The Kier molecular flexibility index (Phi) is 6.10. The number of nitrogens with one attached hydrogen (secondary N) is 3. The van der Waals surface area contributed by atoms with Gasteiger partial charge in [-0.1, -0.05) is 12.1 Å². The Balaban J connectivity index is 1.29. The van der Waals surface area contributed by atoms with E-state index in [0.29, 0.717) is 5.95 Å². The molecule has 3 heterocycles. The Bertz CT molecular complexity index is 786. The van der Waals surface area contributed by atoms with Crippen molar-refractivity contribution in [3.8, 4) is 0 Å². The molecule has 8 heteroatoms. The van der Waals surface area contributed by atoms with Crippen LogP contribution in [0.5, 0.6) is 0 Å². The summed E-state index contributed by atoms with van der Waals surface area (Å²) in [7, 11) is 0. The van der Waals surface area contributed by atoms with E-state index < -0.39 is 0 Å². The molecule has 0 amide bonds. The molecular weight excluding hydrogens is 364 g/mol. The summed E-state index contributed by atoms with van der Waals surface area (Å²) >= 11 is 0. The average molecular weight is 397 g/mol. The minimum atomic E-state index is 0.0648. The monoisotopic (exact) mass is 396 g/mol. The van der Waals surface area contributed by atoms with Gasteiger partial charge in [-0.2, -0.15) is 4.98 Å². The van der Waals surface area contributed by atoms with Crippen molar-refractivity contribution in [3.05, 3.63) is 36.2 Å². The van der Waals surface area contributed by atoms with E-state index in [1.165, 1.54) is 11.3 Å². The number of hydrogen-bond donors (Lipinski definition) is 3. The number of benzene rings is 1. The normalized spacial score (nSPS) is 19.2. The second kappa shape index (κ2) is 8.92. The van der Waals surface area contributed by atoms with Crippen LogP contribution in [0.15, 0.2) is 30.6 Å². The second-order valence-electron chi connectivity index (χ2n) is 8.42. The van der Waals surface area contributed by atoms with Gasteiger partial charge in [0.1, 0.15) is 6.33 Å². The summed E-state index contributed by atoms with van der Waals surface area (Å²) in [6.45, 7) is 12.2. The Morgan fingerprint density at radius 3 is 2.52 bits per heavy atom. The van der Waals surface area contributed by atoms with Crippen LogP contribution in [0.1, 0.15) is 19.4 Å². The fourth-order valence-electron chi connectivity index (χ4n) is 3.95. The fraction of sp³-hybridized carbons (Fsp3) is 0.571. The van der Waals surface area contributed by atoms with E-state index in [4.69, 9.17) is 0 Å². The standard InChI is InChI=1S/C21H32N8/c1-21(2)15-29(14-11-26-21)20-25-16-24-19(27-20)23-8-7-17-3-5-18(6-4-17)28-12-9-22-10-13-28/h3-6,16,22,26H,7-15H2,1-2H3,(H,23,24,25,27). The number of anilines is 3. The summed E-state index contributed by atoms with van der Waals surface area (Å²) in [6.07, 6.45) is 2.53. The molecule has 0 saturated carbocycles. The number of aromatic nitrogens is 3. The van der Waals surface area contributed by atoms with Gasteiger partial charge >= 0.3 is 0 Å². The summed E-state index contributed by atoms with van der Waals surface area (Å²) in [5, 5.41) is 10.3. The lowest BCUT2D eigenvalue weighted by Crippen LogP contribution is -2.57. The number of hydrogen-bond acceptors (Lipinski definition) is 8. The molecule has 2 aliphatic heterocycles. The molecule has 8 nitrogen and oxygen atoms in total. The number of rotatable bonds is 6. The maximum Gasteiger partial charge on any atom is 0.230 e. The van der Waals surface area contributed by atoms with Crippen LogP contribution in [-0.4, -0.2) is 72.8 Å². The predicted octanol–water partition coefficient (Wildman–Crippen LogP) is 1.12. The summed E-state index contributed by atoms with van der Waals surface area (Å²) in [4.78, 5) is 17.9. The molecule has 2 aliphatic rings. The van der Waals surface area contributed by atoms with Gasteiger partial charge in [0, 0.05) is 63.6 Å². The molecule has 0 radical (unpaired) electrons. The molecule has 2 fully saturated rings. The van der Waals surface area contributed by atoms with E-state index >= 15 is 0 Å². The van der Waals surface area contributed by atoms with Gasteiger partial charge in [-0.15, -0.1) is 0 Å². The maximum absolute atomic E-state index is 4.62. The molecule has 2 saturated heterocycles. The molecule has 0 atom stereocenters. The molecule has 2 aromatic rings. The van der Waals surface area contributed by atoms with Gasteiger partial charge in [-0.25, -0.2) is 9.97 Å². The minimum absolute atomic E-state index is 0.0648. The van der Waals surface area contributed by atoms with Crippen LogP contribution in [0.3, 0.4) is 0 Å². The van der Waals surface area contributed by atoms with Crippen LogP contribution >= 0.6 is 0 Å². The molecule has 0 bridgehead atoms.